The number of amides is 1. The summed E-state index contributed by atoms with van der Waals surface area (Å²) >= 11 is 0. The second-order valence-electron chi connectivity index (χ2n) is 5.44. The summed E-state index contributed by atoms with van der Waals surface area (Å²) in [5.41, 5.74) is 0.651. The molecule has 1 saturated heterocycles. The lowest BCUT2D eigenvalue weighted by molar-refractivity contribution is 0.0950. The van der Waals surface area contributed by atoms with Crippen molar-refractivity contribution in [1.82, 2.24) is 10.6 Å². The zero-order valence-corrected chi connectivity index (χ0v) is 12.4. The highest BCUT2D eigenvalue weighted by Gasteiger charge is 2.15. The summed E-state index contributed by atoms with van der Waals surface area (Å²) in [5.74, 6) is 1.46. The summed E-state index contributed by atoms with van der Waals surface area (Å²) in [5, 5.41) is 6.33. The molecule has 1 fully saturated rings. The lowest BCUT2D eigenvalue weighted by Gasteiger charge is -2.11. The Kier molecular flexibility index (Phi) is 4.71. The topological polar surface area (TPSA) is 50.4 Å². The Morgan fingerprint density at radius 1 is 1.09 bits per heavy atom. The fourth-order valence-electron chi connectivity index (χ4n) is 2.55. The van der Waals surface area contributed by atoms with E-state index >= 15 is 0 Å². The molecule has 2 N–H and O–H groups in total. The van der Waals surface area contributed by atoms with Gasteiger partial charge in [-0.3, -0.25) is 4.79 Å². The number of carbonyl (C=O) groups excluding carboxylic acids is 1. The number of carbonyl (C=O) groups is 1. The molecule has 0 saturated carbocycles. The van der Waals surface area contributed by atoms with Gasteiger partial charge in [0.1, 0.15) is 11.5 Å². The Morgan fingerprint density at radius 3 is 2.50 bits per heavy atom. The molecule has 0 spiro atoms. The lowest BCUT2D eigenvalue weighted by Crippen LogP contribution is -2.37. The van der Waals surface area contributed by atoms with Crippen LogP contribution in [0.15, 0.2) is 54.6 Å². The molecule has 1 atom stereocenters. The van der Waals surface area contributed by atoms with Crippen LogP contribution >= 0.6 is 0 Å². The molecule has 114 valence electrons. The molecule has 22 heavy (non-hydrogen) atoms. The number of hydrogen-bond donors (Lipinski definition) is 2. The first-order chi connectivity index (χ1) is 10.8. The van der Waals surface area contributed by atoms with Crippen LogP contribution in [0.3, 0.4) is 0 Å². The Morgan fingerprint density at radius 2 is 1.82 bits per heavy atom. The van der Waals surface area contributed by atoms with E-state index in [1.54, 1.807) is 12.1 Å². The molecule has 2 aromatic rings. The van der Waals surface area contributed by atoms with Crippen molar-refractivity contribution in [2.24, 2.45) is 0 Å². The molecule has 3 rings (SSSR count). The summed E-state index contributed by atoms with van der Waals surface area (Å²) in [6, 6.07) is 17.2. The Balaban J connectivity index is 1.55. The standard InChI is InChI=1S/C18H20N2O2/c21-18(20-13-15-5-4-12-19-15)14-8-10-17(11-9-14)22-16-6-2-1-3-7-16/h1-3,6-11,15,19H,4-5,12-13H2,(H,20,21). The maximum atomic E-state index is 12.1. The van der Waals surface area contributed by atoms with Gasteiger partial charge in [-0.05, 0) is 55.8 Å². The van der Waals surface area contributed by atoms with Gasteiger partial charge in [0.15, 0.2) is 0 Å². The molecule has 1 unspecified atom stereocenters. The van der Waals surface area contributed by atoms with Gasteiger partial charge in [-0.15, -0.1) is 0 Å². The largest absolute Gasteiger partial charge is 0.457 e. The highest BCUT2D eigenvalue weighted by atomic mass is 16.5. The van der Waals surface area contributed by atoms with E-state index in [0.717, 1.165) is 24.5 Å². The first-order valence-electron chi connectivity index (χ1n) is 7.66. The molecule has 1 heterocycles. The quantitative estimate of drug-likeness (QED) is 0.892. The molecule has 1 amide bonds. The first kappa shape index (κ1) is 14.6. The number of benzene rings is 2. The highest BCUT2D eigenvalue weighted by molar-refractivity contribution is 5.94. The van der Waals surface area contributed by atoms with Crippen molar-refractivity contribution in [3.05, 3.63) is 60.2 Å². The minimum atomic E-state index is -0.0417. The van der Waals surface area contributed by atoms with Crippen LogP contribution < -0.4 is 15.4 Å². The molecule has 0 radical (unpaired) electrons. The van der Waals surface area contributed by atoms with Gasteiger partial charge < -0.3 is 15.4 Å². The van der Waals surface area contributed by atoms with Gasteiger partial charge in [-0.2, -0.15) is 0 Å². The Labute approximate surface area is 130 Å². The number of nitrogens with one attached hydrogen (secondary N) is 2. The van der Waals surface area contributed by atoms with E-state index in [4.69, 9.17) is 4.74 Å². The van der Waals surface area contributed by atoms with Crippen LogP contribution in [0.1, 0.15) is 23.2 Å². The smallest absolute Gasteiger partial charge is 0.251 e. The molecule has 0 bridgehead atoms. The molecule has 4 heteroatoms. The molecular formula is C18H20N2O2. The summed E-state index contributed by atoms with van der Waals surface area (Å²) in [4.78, 5) is 12.1. The second kappa shape index (κ2) is 7.09. The Hall–Kier alpha value is -2.33. The maximum absolute atomic E-state index is 12.1. The fraction of sp³-hybridized carbons (Fsp3) is 0.278. The lowest BCUT2D eigenvalue weighted by atomic mass is 10.2. The minimum Gasteiger partial charge on any atom is -0.457 e. The predicted molar refractivity (Wildman–Crippen MR) is 86.3 cm³/mol. The van der Waals surface area contributed by atoms with E-state index in [0.29, 0.717) is 18.2 Å². The average molecular weight is 296 g/mol. The predicted octanol–water partition coefficient (Wildman–Crippen LogP) is 2.96. The summed E-state index contributed by atoms with van der Waals surface area (Å²) in [7, 11) is 0. The van der Waals surface area contributed by atoms with Gasteiger partial charge in [-0.25, -0.2) is 0 Å². The number of rotatable bonds is 5. The number of ether oxygens (including phenoxy) is 1. The minimum absolute atomic E-state index is 0.0417. The molecule has 0 aromatic heterocycles. The fourth-order valence-corrected chi connectivity index (χ4v) is 2.55. The zero-order valence-electron chi connectivity index (χ0n) is 12.4. The van der Waals surface area contributed by atoms with E-state index in [2.05, 4.69) is 10.6 Å². The zero-order chi connectivity index (χ0) is 15.2. The van der Waals surface area contributed by atoms with Crippen LogP contribution in [0.4, 0.5) is 0 Å². The van der Waals surface area contributed by atoms with Gasteiger partial charge in [0.25, 0.3) is 5.91 Å². The van der Waals surface area contributed by atoms with Gasteiger partial charge in [0.05, 0.1) is 0 Å². The molecule has 1 aliphatic heterocycles. The maximum Gasteiger partial charge on any atom is 0.251 e. The van der Waals surface area contributed by atoms with Crippen LogP contribution in [0, 0.1) is 0 Å². The van der Waals surface area contributed by atoms with E-state index < -0.39 is 0 Å². The summed E-state index contributed by atoms with van der Waals surface area (Å²) < 4.78 is 5.71. The van der Waals surface area contributed by atoms with Crippen molar-refractivity contribution in [3.8, 4) is 11.5 Å². The van der Waals surface area contributed by atoms with E-state index in [1.165, 1.54) is 6.42 Å². The molecule has 0 aliphatic carbocycles. The first-order valence-corrected chi connectivity index (χ1v) is 7.66. The Bertz CT molecular complexity index is 605. The van der Waals surface area contributed by atoms with Crippen LogP contribution in [0.25, 0.3) is 0 Å². The third-order valence-electron chi connectivity index (χ3n) is 3.77. The number of para-hydroxylation sites is 1. The van der Waals surface area contributed by atoms with E-state index in [9.17, 15) is 4.79 Å². The highest BCUT2D eigenvalue weighted by Crippen LogP contribution is 2.21. The molecule has 4 nitrogen and oxygen atoms in total. The third kappa shape index (κ3) is 3.86. The van der Waals surface area contributed by atoms with Crippen LogP contribution in [-0.4, -0.2) is 25.0 Å². The normalized spacial score (nSPS) is 17.2. The van der Waals surface area contributed by atoms with Gasteiger partial charge in [0.2, 0.25) is 0 Å². The molecular weight excluding hydrogens is 276 g/mol. The van der Waals surface area contributed by atoms with Crippen LogP contribution in [-0.2, 0) is 0 Å². The second-order valence-corrected chi connectivity index (χ2v) is 5.44. The van der Waals surface area contributed by atoms with E-state index in [1.807, 2.05) is 42.5 Å². The van der Waals surface area contributed by atoms with Crippen molar-refractivity contribution in [2.75, 3.05) is 13.1 Å². The van der Waals surface area contributed by atoms with Crippen LogP contribution in [0.5, 0.6) is 11.5 Å². The van der Waals surface area contributed by atoms with Gasteiger partial charge in [0, 0.05) is 18.2 Å². The van der Waals surface area contributed by atoms with E-state index in [-0.39, 0.29) is 5.91 Å². The van der Waals surface area contributed by atoms with Crippen LogP contribution in [0.2, 0.25) is 0 Å². The molecule has 2 aromatic carbocycles. The SMILES string of the molecule is O=C(NCC1CCCN1)c1ccc(Oc2ccccc2)cc1. The van der Waals surface area contributed by atoms with Gasteiger partial charge in [-0.1, -0.05) is 18.2 Å². The molecule has 1 aliphatic rings. The number of hydrogen-bond acceptors (Lipinski definition) is 3. The van der Waals surface area contributed by atoms with Gasteiger partial charge >= 0.3 is 0 Å². The summed E-state index contributed by atoms with van der Waals surface area (Å²) in [6.07, 6.45) is 2.32. The van der Waals surface area contributed by atoms with Crippen molar-refractivity contribution in [3.63, 3.8) is 0 Å². The van der Waals surface area contributed by atoms with Crippen molar-refractivity contribution >= 4 is 5.91 Å². The third-order valence-corrected chi connectivity index (χ3v) is 3.77. The monoisotopic (exact) mass is 296 g/mol. The average Bonchev–Trinajstić information content (AvgIpc) is 3.08. The van der Waals surface area contributed by atoms with Crippen molar-refractivity contribution < 1.29 is 9.53 Å². The van der Waals surface area contributed by atoms with Crippen molar-refractivity contribution in [2.45, 2.75) is 18.9 Å². The summed E-state index contributed by atoms with van der Waals surface area (Å²) in [6.45, 7) is 1.73. The van der Waals surface area contributed by atoms with Crippen molar-refractivity contribution in [1.29, 1.82) is 0 Å².